The van der Waals surface area contributed by atoms with Crippen molar-refractivity contribution < 1.29 is 24.0 Å². The highest BCUT2D eigenvalue weighted by molar-refractivity contribution is 6.34. The van der Waals surface area contributed by atoms with Gasteiger partial charge >= 0.3 is 5.97 Å². The Morgan fingerprint density at radius 1 is 1.13 bits per heavy atom. The molecule has 3 aromatic rings. The summed E-state index contributed by atoms with van der Waals surface area (Å²) < 4.78 is 10.6. The number of halogens is 1. The van der Waals surface area contributed by atoms with Crippen LogP contribution in [0.25, 0.3) is 10.8 Å². The summed E-state index contributed by atoms with van der Waals surface area (Å²) in [6, 6.07) is 16.7. The maximum atomic E-state index is 12.2. The third-order valence-corrected chi connectivity index (χ3v) is 4.51. The lowest BCUT2D eigenvalue weighted by molar-refractivity contribution is -0.384. The molecule has 3 aromatic carbocycles. The van der Waals surface area contributed by atoms with Crippen LogP contribution < -0.4 is 10.1 Å². The van der Waals surface area contributed by atoms with Gasteiger partial charge in [-0.15, -0.1) is 0 Å². The number of hydrogen-bond donors (Lipinski definition) is 1. The Hall–Kier alpha value is -3.65. The second-order valence-electron chi connectivity index (χ2n) is 6.31. The van der Waals surface area contributed by atoms with Gasteiger partial charge in [0.15, 0.2) is 12.7 Å². The van der Waals surface area contributed by atoms with E-state index in [1.807, 2.05) is 36.4 Å². The molecule has 0 saturated carbocycles. The van der Waals surface area contributed by atoms with Gasteiger partial charge in [0.25, 0.3) is 11.6 Å². The number of carbonyl (C=O) groups is 2. The van der Waals surface area contributed by atoms with Gasteiger partial charge in [0, 0.05) is 17.5 Å². The van der Waals surface area contributed by atoms with Crippen molar-refractivity contribution in [3.63, 3.8) is 0 Å². The molecule has 0 heterocycles. The zero-order valence-electron chi connectivity index (χ0n) is 15.8. The quantitative estimate of drug-likeness (QED) is 0.340. The van der Waals surface area contributed by atoms with Crippen molar-refractivity contribution in [2.45, 2.75) is 13.0 Å². The van der Waals surface area contributed by atoms with Crippen molar-refractivity contribution in [2.24, 2.45) is 0 Å². The molecule has 1 N–H and O–H groups in total. The number of nitrogens with zero attached hydrogens (tertiary/aromatic N) is 1. The van der Waals surface area contributed by atoms with Crippen molar-refractivity contribution in [3.05, 3.63) is 75.8 Å². The number of ether oxygens (including phenoxy) is 2. The first-order chi connectivity index (χ1) is 14.3. The molecule has 0 unspecified atom stereocenters. The van der Waals surface area contributed by atoms with Crippen LogP contribution in [-0.2, 0) is 14.3 Å². The highest BCUT2D eigenvalue weighted by Gasteiger charge is 2.20. The van der Waals surface area contributed by atoms with Crippen LogP contribution in [0.5, 0.6) is 5.75 Å². The van der Waals surface area contributed by atoms with Crippen molar-refractivity contribution in [2.75, 3.05) is 11.9 Å². The van der Waals surface area contributed by atoms with Crippen LogP contribution >= 0.6 is 11.6 Å². The highest BCUT2D eigenvalue weighted by atomic mass is 35.5. The minimum absolute atomic E-state index is 0.00429. The lowest BCUT2D eigenvalue weighted by Gasteiger charge is -2.15. The standard InChI is InChI=1S/C21H17ClN2O6/c1-13(21(26)23-18-10-9-15(24(27)28)11-17(18)22)30-20(25)12-29-19-8-4-6-14-5-2-3-7-16(14)19/h2-11,13H,12H2,1H3,(H,23,26)/t13-/m1/s1. The number of nitrogens with one attached hydrogen (secondary N) is 1. The van der Waals surface area contributed by atoms with Crippen molar-refractivity contribution >= 4 is 45.6 Å². The Bertz CT molecular complexity index is 1110. The fourth-order valence-electron chi connectivity index (χ4n) is 2.70. The van der Waals surface area contributed by atoms with E-state index in [4.69, 9.17) is 21.1 Å². The van der Waals surface area contributed by atoms with Gasteiger partial charge in [-0.1, -0.05) is 48.0 Å². The van der Waals surface area contributed by atoms with E-state index >= 15 is 0 Å². The molecule has 1 atom stereocenters. The smallest absolute Gasteiger partial charge is 0.344 e. The number of benzene rings is 3. The molecule has 0 saturated heterocycles. The monoisotopic (exact) mass is 428 g/mol. The summed E-state index contributed by atoms with van der Waals surface area (Å²) in [6.07, 6.45) is -1.13. The summed E-state index contributed by atoms with van der Waals surface area (Å²) in [5, 5.41) is 15.0. The van der Waals surface area contributed by atoms with Crippen LogP contribution in [0, 0.1) is 10.1 Å². The van der Waals surface area contributed by atoms with E-state index in [0.29, 0.717) is 5.75 Å². The van der Waals surface area contributed by atoms with Gasteiger partial charge in [-0.25, -0.2) is 4.79 Å². The van der Waals surface area contributed by atoms with E-state index < -0.39 is 22.9 Å². The number of nitro benzene ring substituents is 1. The number of amides is 1. The summed E-state index contributed by atoms with van der Waals surface area (Å²) >= 11 is 5.95. The number of rotatable bonds is 7. The Balaban J connectivity index is 1.56. The molecule has 0 bridgehead atoms. The van der Waals surface area contributed by atoms with Crippen molar-refractivity contribution in [1.29, 1.82) is 0 Å². The number of fused-ring (bicyclic) bond motifs is 1. The highest BCUT2D eigenvalue weighted by Crippen LogP contribution is 2.27. The van der Waals surface area contributed by atoms with Gasteiger partial charge in [0.05, 0.1) is 15.6 Å². The number of non-ortho nitro benzene ring substituents is 1. The maximum absolute atomic E-state index is 12.2. The first-order valence-corrected chi connectivity index (χ1v) is 9.28. The van der Waals surface area contributed by atoms with Crippen LogP contribution in [0.2, 0.25) is 5.02 Å². The zero-order chi connectivity index (χ0) is 21.7. The molecule has 0 aliphatic carbocycles. The molecule has 8 nitrogen and oxygen atoms in total. The van der Waals surface area contributed by atoms with Crippen molar-refractivity contribution in [1.82, 2.24) is 0 Å². The fraction of sp³-hybridized carbons (Fsp3) is 0.143. The molecule has 154 valence electrons. The fourth-order valence-corrected chi connectivity index (χ4v) is 2.92. The Labute approximate surface area is 176 Å². The molecule has 30 heavy (non-hydrogen) atoms. The van der Waals surface area contributed by atoms with E-state index in [9.17, 15) is 19.7 Å². The largest absolute Gasteiger partial charge is 0.481 e. The summed E-state index contributed by atoms with van der Waals surface area (Å²) in [6.45, 7) is 1.02. The van der Waals surface area contributed by atoms with E-state index in [1.54, 1.807) is 6.07 Å². The number of nitro groups is 1. The number of anilines is 1. The molecular weight excluding hydrogens is 412 g/mol. The molecule has 1 amide bonds. The normalized spacial score (nSPS) is 11.5. The number of carbonyl (C=O) groups excluding carboxylic acids is 2. The van der Waals surface area contributed by atoms with E-state index in [-0.39, 0.29) is 23.0 Å². The second-order valence-corrected chi connectivity index (χ2v) is 6.72. The first kappa shape index (κ1) is 21.1. The minimum Gasteiger partial charge on any atom is -0.481 e. The third kappa shape index (κ3) is 5.03. The van der Waals surface area contributed by atoms with Gasteiger partial charge < -0.3 is 14.8 Å². The molecular formula is C21H17ClN2O6. The van der Waals surface area contributed by atoms with E-state index in [0.717, 1.165) is 16.8 Å². The molecule has 0 fully saturated rings. The summed E-state index contributed by atoms with van der Waals surface area (Å²) in [7, 11) is 0. The predicted molar refractivity (Wildman–Crippen MR) is 112 cm³/mol. The first-order valence-electron chi connectivity index (χ1n) is 8.90. The average molecular weight is 429 g/mol. The van der Waals surface area contributed by atoms with E-state index in [1.165, 1.54) is 19.1 Å². The zero-order valence-corrected chi connectivity index (χ0v) is 16.6. The lowest BCUT2D eigenvalue weighted by atomic mass is 10.1. The maximum Gasteiger partial charge on any atom is 0.344 e. The molecule has 0 aromatic heterocycles. The SMILES string of the molecule is C[C@@H](OC(=O)COc1cccc2ccccc12)C(=O)Nc1ccc([N+](=O)[O-])cc1Cl. The predicted octanol–water partition coefficient (Wildman–Crippen LogP) is 4.35. The lowest BCUT2D eigenvalue weighted by Crippen LogP contribution is -2.31. The second kappa shape index (κ2) is 9.23. The molecule has 3 rings (SSSR count). The van der Waals surface area contributed by atoms with Crippen LogP contribution in [0.1, 0.15) is 6.92 Å². The van der Waals surface area contributed by atoms with Gasteiger partial charge in [-0.3, -0.25) is 14.9 Å². The number of esters is 1. The Kier molecular flexibility index (Phi) is 6.48. The summed E-state index contributed by atoms with van der Waals surface area (Å²) in [4.78, 5) is 34.5. The molecule has 9 heteroatoms. The van der Waals surface area contributed by atoms with Crippen LogP contribution in [0.3, 0.4) is 0 Å². The number of hydrogen-bond acceptors (Lipinski definition) is 6. The van der Waals surface area contributed by atoms with E-state index in [2.05, 4.69) is 5.32 Å². The molecule has 0 radical (unpaired) electrons. The third-order valence-electron chi connectivity index (χ3n) is 4.19. The van der Waals surface area contributed by atoms with Crippen LogP contribution in [0.4, 0.5) is 11.4 Å². The topological polar surface area (TPSA) is 108 Å². The van der Waals surface area contributed by atoms with Gasteiger partial charge in [-0.05, 0) is 24.4 Å². The van der Waals surface area contributed by atoms with Crippen LogP contribution in [0.15, 0.2) is 60.7 Å². The average Bonchev–Trinajstić information content (AvgIpc) is 2.73. The van der Waals surface area contributed by atoms with Crippen molar-refractivity contribution in [3.8, 4) is 5.75 Å². The van der Waals surface area contributed by atoms with Gasteiger partial charge in [0.2, 0.25) is 0 Å². The molecule has 0 aliphatic rings. The Morgan fingerprint density at radius 3 is 2.60 bits per heavy atom. The van der Waals surface area contributed by atoms with Gasteiger partial charge in [0.1, 0.15) is 5.75 Å². The molecule has 0 spiro atoms. The molecule has 0 aliphatic heterocycles. The summed E-state index contributed by atoms with van der Waals surface area (Å²) in [5.41, 5.74) is -0.0368. The summed E-state index contributed by atoms with van der Waals surface area (Å²) in [5.74, 6) is -0.829. The Morgan fingerprint density at radius 2 is 1.87 bits per heavy atom. The minimum atomic E-state index is -1.13. The van der Waals surface area contributed by atoms with Crippen LogP contribution in [-0.4, -0.2) is 29.5 Å². The van der Waals surface area contributed by atoms with Gasteiger partial charge in [-0.2, -0.15) is 0 Å².